The van der Waals surface area contributed by atoms with Crippen LogP contribution in [0.4, 0.5) is 18.9 Å². The summed E-state index contributed by atoms with van der Waals surface area (Å²) < 4.78 is 42.7. The molecule has 0 atom stereocenters. The second-order valence-electron chi connectivity index (χ2n) is 4.08. The smallest absolute Gasteiger partial charge is 0.416 e. The van der Waals surface area contributed by atoms with Crippen molar-refractivity contribution in [2.24, 2.45) is 0 Å². The van der Waals surface area contributed by atoms with Crippen LogP contribution in [0.1, 0.15) is 25.3 Å². The van der Waals surface area contributed by atoms with Gasteiger partial charge in [-0.1, -0.05) is 15.9 Å². The van der Waals surface area contributed by atoms with Crippen LogP contribution in [-0.4, -0.2) is 18.5 Å². The summed E-state index contributed by atoms with van der Waals surface area (Å²) >= 11 is 2.95. The van der Waals surface area contributed by atoms with E-state index >= 15 is 0 Å². The van der Waals surface area contributed by atoms with E-state index in [-0.39, 0.29) is 29.6 Å². The van der Waals surface area contributed by atoms with Gasteiger partial charge >= 0.3 is 12.1 Å². The minimum atomic E-state index is -4.51. The number of carbonyl (C=O) groups is 2. The van der Waals surface area contributed by atoms with Gasteiger partial charge < -0.3 is 10.1 Å². The van der Waals surface area contributed by atoms with E-state index in [1.807, 2.05) is 0 Å². The van der Waals surface area contributed by atoms with E-state index < -0.39 is 23.6 Å². The molecule has 1 rings (SSSR count). The molecule has 1 N–H and O–H groups in total. The van der Waals surface area contributed by atoms with Gasteiger partial charge in [0.15, 0.2) is 0 Å². The van der Waals surface area contributed by atoms with E-state index in [1.54, 1.807) is 6.92 Å². The average molecular weight is 368 g/mol. The molecule has 1 aromatic carbocycles. The van der Waals surface area contributed by atoms with Gasteiger partial charge in [-0.15, -0.1) is 0 Å². The lowest BCUT2D eigenvalue weighted by Crippen LogP contribution is -2.15. The van der Waals surface area contributed by atoms with E-state index in [0.717, 1.165) is 12.1 Å². The molecule has 0 aliphatic rings. The van der Waals surface area contributed by atoms with Crippen LogP contribution in [0.5, 0.6) is 0 Å². The third-order valence-electron chi connectivity index (χ3n) is 2.37. The third-order valence-corrected chi connectivity index (χ3v) is 2.83. The number of hydrogen-bond donors (Lipinski definition) is 1. The highest BCUT2D eigenvalue weighted by Gasteiger charge is 2.31. The lowest BCUT2D eigenvalue weighted by Gasteiger charge is -2.11. The molecule has 8 heteroatoms. The molecular formula is C13H13BrF3NO3. The number of alkyl halides is 3. The van der Waals surface area contributed by atoms with Crippen molar-refractivity contribution in [3.05, 3.63) is 28.2 Å². The molecule has 0 fully saturated rings. The van der Waals surface area contributed by atoms with Gasteiger partial charge in [0.05, 0.1) is 18.6 Å². The first-order chi connectivity index (χ1) is 9.72. The zero-order valence-electron chi connectivity index (χ0n) is 11.1. The summed E-state index contributed by atoms with van der Waals surface area (Å²) in [5, 5.41) is 2.32. The molecule has 0 aliphatic carbocycles. The molecule has 0 spiro atoms. The van der Waals surface area contributed by atoms with E-state index in [4.69, 9.17) is 0 Å². The van der Waals surface area contributed by atoms with Crippen molar-refractivity contribution >= 4 is 33.5 Å². The molecule has 0 radical (unpaired) electrons. The molecule has 0 aliphatic heterocycles. The van der Waals surface area contributed by atoms with Gasteiger partial charge in [-0.2, -0.15) is 13.2 Å². The molecule has 0 aromatic heterocycles. The number of anilines is 1. The lowest BCUT2D eigenvalue weighted by atomic mass is 10.2. The van der Waals surface area contributed by atoms with Crippen LogP contribution in [-0.2, 0) is 20.5 Å². The monoisotopic (exact) mass is 367 g/mol. The minimum Gasteiger partial charge on any atom is -0.466 e. The van der Waals surface area contributed by atoms with Crippen molar-refractivity contribution in [2.75, 3.05) is 11.9 Å². The Hall–Kier alpha value is -1.57. The highest BCUT2D eigenvalue weighted by molar-refractivity contribution is 9.10. The number of esters is 1. The SMILES string of the molecule is CCOC(=O)CCC(=O)Nc1cc(Br)cc(C(F)(F)F)c1. The Morgan fingerprint density at radius 1 is 1.24 bits per heavy atom. The van der Waals surface area contributed by atoms with Crippen molar-refractivity contribution in [1.29, 1.82) is 0 Å². The fourth-order valence-corrected chi connectivity index (χ4v) is 1.99. The molecule has 0 saturated heterocycles. The van der Waals surface area contributed by atoms with Gasteiger partial charge in [0, 0.05) is 16.6 Å². The highest BCUT2D eigenvalue weighted by Crippen LogP contribution is 2.33. The Bertz CT molecular complexity index is 532. The van der Waals surface area contributed by atoms with Crippen LogP contribution in [0.2, 0.25) is 0 Å². The molecule has 0 unspecified atom stereocenters. The van der Waals surface area contributed by atoms with Gasteiger partial charge in [0.2, 0.25) is 5.91 Å². The van der Waals surface area contributed by atoms with Crippen molar-refractivity contribution in [3.8, 4) is 0 Å². The second-order valence-corrected chi connectivity index (χ2v) is 5.00. The first kappa shape index (κ1) is 17.5. The van der Waals surface area contributed by atoms with Gasteiger partial charge in [0.25, 0.3) is 0 Å². The van der Waals surface area contributed by atoms with Crippen molar-refractivity contribution in [2.45, 2.75) is 25.9 Å². The summed E-state index contributed by atoms with van der Waals surface area (Å²) in [7, 11) is 0. The number of carbonyl (C=O) groups excluding carboxylic acids is 2. The number of halogens is 4. The largest absolute Gasteiger partial charge is 0.466 e. The number of amides is 1. The first-order valence-electron chi connectivity index (χ1n) is 6.05. The summed E-state index contributed by atoms with van der Waals surface area (Å²) in [4.78, 5) is 22.7. The fraction of sp³-hybridized carbons (Fsp3) is 0.385. The van der Waals surface area contributed by atoms with E-state index in [9.17, 15) is 22.8 Å². The molecule has 116 valence electrons. The minimum absolute atomic E-state index is 0.00515. The molecule has 1 aromatic rings. The van der Waals surface area contributed by atoms with Crippen molar-refractivity contribution in [3.63, 3.8) is 0 Å². The van der Waals surface area contributed by atoms with Crippen LogP contribution < -0.4 is 5.32 Å². The van der Waals surface area contributed by atoms with Crippen LogP contribution in [0.25, 0.3) is 0 Å². The summed E-state index contributed by atoms with van der Waals surface area (Å²) in [6.07, 6.45) is -4.79. The summed E-state index contributed by atoms with van der Waals surface area (Å²) in [6, 6.07) is 3.08. The number of benzene rings is 1. The summed E-state index contributed by atoms with van der Waals surface area (Å²) in [5.74, 6) is -1.09. The van der Waals surface area contributed by atoms with Crippen LogP contribution in [0.3, 0.4) is 0 Å². The maximum absolute atomic E-state index is 12.6. The number of hydrogen-bond acceptors (Lipinski definition) is 3. The highest BCUT2D eigenvalue weighted by atomic mass is 79.9. The quantitative estimate of drug-likeness (QED) is 0.806. The molecule has 0 heterocycles. The van der Waals surface area contributed by atoms with Crippen molar-refractivity contribution in [1.82, 2.24) is 0 Å². The predicted molar refractivity (Wildman–Crippen MR) is 73.6 cm³/mol. The summed E-state index contributed by atoms with van der Waals surface area (Å²) in [5.41, 5.74) is -0.872. The Kier molecular flexibility index (Phi) is 6.19. The molecule has 1 amide bonds. The molecule has 21 heavy (non-hydrogen) atoms. The zero-order chi connectivity index (χ0) is 16.0. The van der Waals surface area contributed by atoms with Gasteiger partial charge in [-0.05, 0) is 25.1 Å². The van der Waals surface area contributed by atoms with Gasteiger partial charge in [-0.25, -0.2) is 0 Å². The standard InChI is InChI=1S/C13H13BrF3NO3/c1-2-21-12(20)4-3-11(19)18-10-6-8(13(15,16)17)5-9(14)7-10/h5-7H,2-4H2,1H3,(H,18,19). The average Bonchev–Trinajstić information content (AvgIpc) is 2.35. The van der Waals surface area contributed by atoms with Gasteiger partial charge in [-0.3, -0.25) is 9.59 Å². The van der Waals surface area contributed by atoms with E-state index in [0.29, 0.717) is 0 Å². The Balaban J connectivity index is 2.68. The topological polar surface area (TPSA) is 55.4 Å². The molecule has 4 nitrogen and oxygen atoms in total. The van der Waals surface area contributed by atoms with E-state index in [2.05, 4.69) is 26.0 Å². The Morgan fingerprint density at radius 2 is 1.90 bits per heavy atom. The Labute approximate surface area is 127 Å². The third kappa shape index (κ3) is 6.16. The first-order valence-corrected chi connectivity index (χ1v) is 6.85. The second kappa shape index (κ2) is 7.44. The maximum Gasteiger partial charge on any atom is 0.416 e. The molecule has 0 saturated carbocycles. The Morgan fingerprint density at radius 3 is 2.48 bits per heavy atom. The predicted octanol–water partition coefficient (Wildman–Crippen LogP) is 3.75. The van der Waals surface area contributed by atoms with Crippen molar-refractivity contribution < 1.29 is 27.5 Å². The normalized spacial score (nSPS) is 11.1. The van der Waals surface area contributed by atoms with E-state index in [1.165, 1.54) is 6.07 Å². The lowest BCUT2D eigenvalue weighted by molar-refractivity contribution is -0.144. The fourth-order valence-electron chi connectivity index (χ4n) is 1.50. The van der Waals surface area contributed by atoms with Crippen LogP contribution in [0, 0.1) is 0 Å². The van der Waals surface area contributed by atoms with Crippen LogP contribution in [0.15, 0.2) is 22.7 Å². The number of ether oxygens (including phenoxy) is 1. The van der Waals surface area contributed by atoms with Gasteiger partial charge in [0.1, 0.15) is 0 Å². The zero-order valence-corrected chi connectivity index (χ0v) is 12.7. The summed E-state index contributed by atoms with van der Waals surface area (Å²) in [6.45, 7) is 1.85. The number of nitrogens with one attached hydrogen (secondary N) is 1. The number of rotatable bonds is 5. The molecular weight excluding hydrogens is 355 g/mol. The molecule has 0 bridgehead atoms. The maximum atomic E-state index is 12.6. The van der Waals surface area contributed by atoms with Crippen LogP contribution >= 0.6 is 15.9 Å².